The molecule has 1 heterocycles. The Morgan fingerprint density at radius 1 is 1.33 bits per heavy atom. The fraction of sp³-hybridized carbons (Fsp3) is 0.267. The highest BCUT2D eigenvalue weighted by Crippen LogP contribution is 2.35. The van der Waals surface area contributed by atoms with E-state index < -0.39 is 0 Å². The molecule has 1 aromatic carbocycles. The Kier molecular flexibility index (Phi) is 3.08. The lowest BCUT2D eigenvalue weighted by Gasteiger charge is -2.14. The highest BCUT2D eigenvalue weighted by Gasteiger charge is 2.25. The van der Waals surface area contributed by atoms with Crippen molar-refractivity contribution in [1.82, 2.24) is 0 Å². The number of allylic oxidation sites excluding steroid dienone is 3. The molecule has 1 amide bonds. The molecule has 18 heavy (non-hydrogen) atoms. The minimum atomic E-state index is 0.0256. The molecular formula is C15H14BrNO. The van der Waals surface area contributed by atoms with E-state index in [9.17, 15) is 4.79 Å². The molecule has 2 aliphatic rings. The van der Waals surface area contributed by atoms with Gasteiger partial charge in [-0.2, -0.15) is 0 Å². The van der Waals surface area contributed by atoms with E-state index in [0.29, 0.717) is 5.92 Å². The summed E-state index contributed by atoms with van der Waals surface area (Å²) in [6.07, 6.45) is 9.85. The summed E-state index contributed by atoms with van der Waals surface area (Å²) in [4.78, 5) is 12.0. The average molecular weight is 304 g/mol. The first-order valence-electron chi connectivity index (χ1n) is 6.22. The summed E-state index contributed by atoms with van der Waals surface area (Å²) in [5.41, 5.74) is 2.76. The summed E-state index contributed by atoms with van der Waals surface area (Å²) in [6, 6.07) is 5.90. The zero-order valence-electron chi connectivity index (χ0n) is 9.95. The highest BCUT2D eigenvalue weighted by molar-refractivity contribution is 9.10. The summed E-state index contributed by atoms with van der Waals surface area (Å²) < 4.78 is 1.01. The number of rotatable bonds is 1. The topological polar surface area (TPSA) is 29.1 Å². The summed E-state index contributed by atoms with van der Waals surface area (Å²) in [7, 11) is 0. The number of anilines is 1. The quantitative estimate of drug-likeness (QED) is 0.613. The number of amides is 1. The minimum absolute atomic E-state index is 0.0256. The standard InChI is InChI=1S/C15H14BrNO/c16-11-6-7-14-12(9-11)13(15(18)17-14)8-10-4-2-1-3-5-10/h1-2,6-10H,3-5H2,(H,17,18). The van der Waals surface area contributed by atoms with Crippen molar-refractivity contribution in [1.29, 1.82) is 0 Å². The highest BCUT2D eigenvalue weighted by atomic mass is 79.9. The molecule has 1 aliphatic carbocycles. The normalized spacial score (nSPS) is 24.2. The van der Waals surface area contributed by atoms with Crippen LogP contribution < -0.4 is 5.32 Å². The monoisotopic (exact) mass is 303 g/mol. The van der Waals surface area contributed by atoms with Crippen LogP contribution in [-0.2, 0) is 4.79 Å². The van der Waals surface area contributed by atoms with Gasteiger partial charge in [-0.15, -0.1) is 0 Å². The smallest absolute Gasteiger partial charge is 0.256 e. The largest absolute Gasteiger partial charge is 0.321 e. The second kappa shape index (κ2) is 4.73. The zero-order chi connectivity index (χ0) is 12.5. The fourth-order valence-electron chi connectivity index (χ4n) is 2.53. The van der Waals surface area contributed by atoms with Gasteiger partial charge in [0.25, 0.3) is 5.91 Å². The van der Waals surface area contributed by atoms with Crippen molar-refractivity contribution in [2.24, 2.45) is 5.92 Å². The number of halogens is 1. The Bertz CT molecular complexity index is 560. The first kappa shape index (κ1) is 11.7. The molecule has 92 valence electrons. The van der Waals surface area contributed by atoms with Crippen LogP contribution in [0.2, 0.25) is 0 Å². The van der Waals surface area contributed by atoms with E-state index in [0.717, 1.165) is 40.6 Å². The van der Waals surface area contributed by atoms with Gasteiger partial charge in [0.2, 0.25) is 0 Å². The molecule has 3 rings (SSSR count). The van der Waals surface area contributed by atoms with Gasteiger partial charge >= 0.3 is 0 Å². The average Bonchev–Trinajstić information content (AvgIpc) is 2.67. The second-order valence-electron chi connectivity index (χ2n) is 4.77. The molecule has 1 unspecified atom stereocenters. The number of hydrogen-bond donors (Lipinski definition) is 1. The zero-order valence-corrected chi connectivity index (χ0v) is 11.5. The summed E-state index contributed by atoms with van der Waals surface area (Å²) in [6.45, 7) is 0. The maximum absolute atomic E-state index is 12.0. The number of benzene rings is 1. The van der Waals surface area contributed by atoms with E-state index in [4.69, 9.17) is 0 Å². The Labute approximate surface area is 115 Å². The van der Waals surface area contributed by atoms with Crippen LogP contribution >= 0.6 is 15.9 Å². The van der Waals surface area contributed by atoms with E-state index in [-0.39, 0.29) is 5.91 Å². The van der Waals surface area contributed by atoms with Gasteiger partial charge in [0.1, 0.15) is 0 Å². The van der Waals surface area contributed by atoms with Gasteiger partial charge in [0.15, 0.2) is 0 Å². The van der Waals surface area contributed by atoms with Gasteiger partial charge in [0, 0.05) is 21.3 Å². The van der Waals surface area contributed by atoms with Crippen molar-refractivity contribution in [2.45, 2.75) is 19.3 Å². The van der Waals surface area contributed by atoms with Gasteiger partial charge in [-0.05, 0) is 43.4 Å². The number of hydrogen-bond acceptors (Lipinski definition) is 1. The Hall–Kier alpha value is -1.35. The van der Waals surface area contributed by atoms with Crippen LogP contribution in [-0.4, -0.2) is 5.91 Å². The number of carbonyl (C=O) groups is 1. The molecule has 1 aromatic rings. The lowest BCUT2D eigenvalue weighted by atomic mass is 9.91. The first-order valence-corrected chi connectivity index (χ1v) is 7.01. The molecule has 3 heteroatoms. The van der Waals surface area contributed by atoms with E-state index in [1.165, 1.54) is 0 Å². The molecule has 0 bridgehead atoms. The van der Waals surface area contributed by atoms with Gasteiger partial charge in [-0.3, -0.25) is 4.79 Å². The maximum atomic E-state index is 12.0. The third kappa shape index (κ3) is 2.15. The molecule has 0 saturated heterocycles. The lowest BCUT2D eigenvalue weighted by Crippen LogP contribution is -2.06. The van der Waals surface area contributed by atoms with Crippen molar-refractivity contribution in [3.8, 4) is 0 Å². The first-order chi connectivity index (χ1) is 8.74. The van der Waals surface area contributed by atoms with Crippen LogP contribution in [0.5, 0.6) is 0 Å². The minimum Gasteiger partial charge on any atom is -0.321 e. The fourth-order valence-corrected chi connectivity index (χ4v) is 2.89. The molecule has 0 fully saturated rings. The number of carbonyl (C=O) groups excluding carboxylic acids is 1. The predicted molar refractivity (Wildman–Crippen MR) is 77.2 cm³/mol. The van der Waals surface area contributed by atoms with Crippen LogP contribution in [0.1, 0.15) is 24.8 Å². The molecule has 0 radical (unpaired) electrons. The lowest BCUT2D eigenvalue weighted by molar-refractivity contribution is -0.110. The molecular weight excluding hydrogens is 290 g/mol. The third-order valence-corrected chi connectivity index (χ3v) is 3.97. The molecule has 0 saturated carbocycles. The van der Waals surface area contributed by atoms with E-state index in [2.05, 4.69) is 39.5 Å². The van der Waals surface area contributed by atoms with E-state index >= 15 is 0 Å². The molecule has 1 N–H and O–H groups in total. The summed E-state index contributed by atoms with van der Waals surface area (Å²) >= 11 is 3.46. The molecule has 0 aromatic heterocycles. The van der Waals surface area contributed by atoms with Crippen molar-refractivity contribution < 1.29 is 4.79 Å². The van der Waals surface area contributed by atoms with Crippen LogP contribution in [0.3, 0.4) is 0 Å². The van der Waals surface area contributed by atoms with Gasteiger partial charge in [0.05, 0.1) is 0 Å². The Balaban J connectivity index is 1.97. The van der Waals surface area contributed by atoms with Gasteiger partial charge in [-0.25, -0.2) is 0 Å². The van der Waals surface area contributed by atoms with Crippen LogP contribution in [0.15, 0.2) is 40.9 Å². The predicted octanol–water partition coefficient (Wildman–Crippen LogP) is 4.14. The van der Waals surface area contributed by atoms with Crippen molar-refractivity contribution in [3.05, 3.63) is 46.5 Å². The van der Waals surface area contributed by atoms with E-state index in [1.807, 2.05) is 18.2 Å². The SMILES string of the molecule is O=C1Nc2ccc(Br)cc2C1=CC1CC=CCC1. The van der Waals surface area contributed by atoms with Crippen LogP contribution in [0.4, 0.5) is 5.69 Å². The van der Waals surface area contributed by atoms with Crippen molar-refractivity contribution in [3.63, 3.8) is 0 Å². The van der Waals surface area contributed by atoms with Crippen LogP contribution in [0, 0.1) is 5.92 Å². The number of nitrogens with one attached hydrogen (secondary N) is 1. The molecule has 0 spiro atoms. The Morgan fingerprint density at radius 3 is 3.00 bits per heavy atom. The van der Waals surface area contributed by atoms with Crippen molar-refractivity contribution in [2.75, 3.05) is 5.32 Å². The van der Waals surface area contributed by atoms with Gasteiger partial charge < -0.3 is 5.32 Å². The number of fused-ring (bicyclic) bond motifs is 1. The summed E-state index contributed by atoms with van der Waals surface area (Å²) in [5.74, 6) is 0.512. The van der Waals surface area contributed by atoms with Gasteiger partial charge in [-0.1, -0.05) is 34.2 Å². The molecule has 1 atom stereocenters. The van der Waals surface area contributed by atoms with Crippen molar-refractivity contribution >= 4 is 33.1 Å². The maximum Gasteiger partial charge on any atom is 0.256 e. The third-order valence-electron chi connectivity index (χ3n) is 3.48. The van der Waals surface area contributed by atoms with Crippen LogP contribution in [0.25, 0.3) is 5.57 Å². The van der Waals surface area contributed by atoms with E-state index in [1.54, 1.807) is 0 Å². The second-order valence-corrected chi connectivity index (χ2v) is 5.68. The summed E-state index contributed by atoms with van der Waals surface area (Å²) in [5, 5.41) is 2.92. The molecule has 1 aliphatic heterocycles. The molecule has 2 nitrogen and oxygen atoms in total. The Morgan fingerprint density at radius 2 is 2.22 bits per heavy atom.